The van der Waals surface area contributed by atoms with Crippen LogP contribution in [0.2, 0.25) is 0 Å². The molecule has 0 aliphatic heterocycles. The average molecular weight is 383 g/mol. The monoisotopic (exact) mass is 383 g/mol. The van der Waals surface area contributed by atoms with Crippen LogP contribution in [0.5, 0.6) is 17.2 Å². The van der Waals surface area contributed by atoms with Crippen LogP contribution in [0.3, 0.4) is 0 Å². The van der Waals surface area contributed by atoms with Gasteiger partial charge in [0.1, 0.15) is 5.75 Å². The Hall–Kier alpha value is -2.89. The van der Waals surface area contributed by atoms with Crippen molar-refractivity contribution in [2.24, 2.45) is 10.7 Å². The minimum atomic E-state index is -0.0312. The number of methoxy groups -OCH3 is 3. The van der Waals surface area contributed by atoms with E-state index in [0.29, 0.717) is 24.0 Å². The number of benzene rings is 2. The van der Waals surface area contributed by atoms with Gasteiger partial charge in [-0.05, 0) is 31.0 Å². The zero-order valence-electron chi connectivity index (χ0n) is 16.8. The Bertz CT molecular complexity index is 830. The number of para-hydroxylation sites is 1. The second-order valence-corrected chi connectivity index (χ2v) is 7.08. The number of nitrogens with zero attached hydrogens (tertiary/aromatic N) is 1. The molecule has 0 heterocycles. The van der Waals surface area contributed by atoms with Crippen molar-refractivity contribution in [1.29, 1.82) is 0 Å². The van der Waals surface area contributed by atoms with E-state index in [1.165, 1.54) is 18.4 Å². The topological polar surface area (TPSA) is 78.1 Å². The quantitative estimate of drug-likeness (QED) is 0.559. The van der Waals surface area contributed by atoms with E-state index >= 15 is 0 Å². The van der Waals surface area contributed by atoms with Crippen LogP contribution in [0.1, 0.15) is 31.2 Å². The molecule has 28 heavy (non-hydrogen) atoms. The van der Waals surface area contributed by atoms with E-state index in [1.54, 1.807) is 21.3 Å². The molecule has 1 saturated carbocycles. The lowest BCUT2D eigenvalue weighted by atomic mass is 9.78. The van der Waals surface area contributed by atoms with Crippen LogP contribution < -0.4 is 25.3 Å². The fourth-order valence-electron chi connectivity index (χ4n) is 3.99. The number of rotatable bonds is 7. The van der Waals surface area contributed by atoms with E-state index < -0.39 is 0 Å². The zero-order chi connectivity index (χ0) is 20.0. The Morgan fingerprint density at radius 3 is 2.32 bits per heavy atom. The van der Waals surface area contributed by atoms with Gasteiger partial charge < -0.3 is 25.3 Å². The molecular formula is C22H29N3O3. The third kappa shape index (κ3) is 4.16. The summed E-state index contributed by atoms with van der Waals surface area (Å²) in [5, 5.41) is 3.15. The SMILES string of the molecule is COc1ccc(NC(N)=NCC2(c3ccccc3OC)CCCC2)cc1OC. The van der Waals surface area contributed by atoms with Crippen molar-refractivity contribution in [2.75, 3.05) is 33.2 Å². The zero-order valence-corrected chi connectivity index (χ0v) is 16.8. The van der Waals surface area contributed by atoms with Gasteiger partial charge in [-0.3, -0.25) is 4.99 Å². The standard InChI is InChI=1S/C22H29N3O3/c1-26-18-9-5-4-8-17(18)22(12-6-7-13-22)15-24-21(23)25-16-10-11-19(27-2)20(14-16)28-3/h4-5,8-11,14H,6-7,12-13,15H2,1-3H3,(H3,23,24,25). The summed E-state index contributed by atoms with van der Waals surface area (Å²) in [6.07, 6.45) is 4.55. The van der Waals surface area contributed by atoms with Gasteiger partial charge in [0.15, 0.2) is 17.5 Å². The number of hydrogen-bond donors (Lipinski definition) is 2. The van der Waals surface area contributed by atoms with Crippen molar-refractivity contribution in [2.45, 2.75) is 31.1 Å². The van der Waals surface area contributed by atoms with Gasteiger partial charge in [0.2, 0.25) is 0 Å². The van der Waals surface area contributed by atoms with E-state index in [-0.39, 0.29) is 5.41 Å². The summed E-state index contributed by atoms with van der Waals surface area (Å²) in [6.45, 7) is 0.625. The lowest BCUT2D eigenvalue weighted by molar-refractivity contribution is 0.355. The Morgan fingerprint density at radius 1 is 0.964 bits per heavy atom. The van der Waals surface area contributed by atoms with Crippen molar-refractivity contribution >= 4 is 11.6 Å². The molecule has 0 aromatic heterocycles. The molecule has 0 radical (unpaired) electrons. The predicted molar refractivity (Wildman–Crippen MR) is 113 cm³/mol. The first-order chi connectivity index (χ1) is 13.6. The van der Waals surface area contributed by atoms with E-state index in [4.69, 9.17) is 19.9 Å². The molecule has 150 valence electrons. The predicted octanol–water partition coefficient (Wildman–Crippen LogP) is 3.95. The first-order valence-electron chi connectivity index (χ1n) is 9.54. The molecule has 3 rings (SSSR count). The van der Waals surface area contributed by atoms with E-state index in [0.717, 1.165) is 24.3 Å². The minimum Gasteiger partial charge on any atom is -0.496 e. The largest absolute Gasteiger partial charge is 0.496 e. The molecule has 0 bridgehead atoms. The normalized spacial score (nSPS) is 15.9. The molecule has 2 aromatic carbocycles. The molecule has 1 fully saturated rings. The Balaban J connectivity index is 1.78. The number of nitrogens with one attached hydrogen (secondary N) is 1. The van der Waals surface area contributed by atoms with Gasteiger partial charge in [-0.15, -0.1) is 0 Å². The number of hydrogen-bond acceptors (Lipinski definition) is 4. The summed E-state index contributed by atoms with van der Waals surface area (Å²) in [6, 6.07) is 13.8. The fourth-order valence-corrected chi connectivity index (χ4v) is 3.99. The molecule has 1 aliphatic carbocycles. The first-order valence-corrected chi connectivity index (χ1v) is 9.54. The molecule has 1 aliphatic rings. The van der Waals surface area contributed by atoms with Crippen LogP contribution in [0.25, 0.3) is 0 Å². The van der Waals surface area contributed by atoms with Crippen molar-refractivity contribution in [1.82, 2.24) is 0 Å². The first kappa shape index (κ1) is 19.9. The van der Waals surface area contributed by atoms with Crippen LogP contribution in [-0.4, -0.2) is 33.8 Å². The van der Waals surface area contributed by atoms with Crippen LogP contribution in [0, 0.1) is 0 Å². The molecule has 3 N–H and O–H groups in total. The molecular weight excluding hydrogens is 354 g/mol. The van der Waals surface area contributed by atoms with E-state index in [1.807, 2.05) is 30.3 Å². The third-order valence-electron chi connectivity index (χ3n) is 5.45. The summed E-state index contributed by atoms with van der Waals surface area (Å²) >= 11 is 0. The molecule has 6 heteroatoms. The number of nitrogens with two attached hydrogens (primary N) is 1. The summed E-state index contributed by atoms with van der Waals surface area (Å²) < 4.78 is 16.2. The molecule has 0 amide bonds. The highest BCUT2D eigenvalue weighted by atomic mass is 16.5. The highest BCUT2D eigenvalue weighted by molar-refractivity contribution is 5.92. The third-order valence-corrected chi connectivity index (χ3v) is 5.45. The van der Waals surface area contributed by atoms with Gasteiger partial charge in [-0.1, -0.05) is 31.0 Å². The smallest absolute Gasteiger partial charge is 0.193 e. The van der Waals surface area contributed by atoms with Crippen LogP contribution in [0.4, 0.5) is 5.69 Å². The Morgan fingerprint density at radius 2 is 1.64 bits per heavy atom. The molecule has 6 nitrogen and oxygen atoms in total. The number of anilines is 1. The maximum atomic E-state index is 6.19. The van der Waals surface area contributed by atoms with Crippen LogP contribution in [0.15, 0.2) is 47.5 Å². The number of guanidine groups is 1. The Labute approximate surface area is 166 Å². The summed E-state index contributed by atoms with van der Waals surface area (Å²) in [5.41, 5.74) is 8.18. The molecule has 0 atom stereocenters. The van der Waals surface area contributed by atoms with Crippen LogP contribution >= 0.6 is 0 Å². The van der Waals surface area contributed by atoms with Crippen molar-refractivity contribution < 1.29 is 14.2 Å². The molecule has 0 unspecified atom stereocenters. The summed E-state index contributed by atoms with van der Waals surface area (Å²) in [7, 11) is 4.94. The lowest BCUT2D eigenvalue weighted by Crippen LogP contribution is -2.30. The van der Waals surface area contributed by atoms with E-state index in [9.17, 15) is 0 Å². The molecule has 0 saturated heterocycles. The van der Waals surface area contributed by atoms with Gasteiger partial charge in [0.25, 0.3) is 0 Å². The van der Waals surface area contributed by atoms with Gasteiger partial charge in [-0.25, -0.2) is 0 Å². The molecule has 0 spiro atoms. The van der Waals surface area contributed by atoms with Gasteiger partial charge in [-0.2, -0.15) is 0 Å². The summed E-state index contributed by atoms with van der Waals surface area (Å²) in [5.74, 6) is 2.62. The number of ether oxygens (including phenoxy) is 3. The Kier molecular flexibility index (Phi) is 6.29. The van der Waals surface area contributed by atoms with Crippen molar-refractivity contribution in [3.8, 4) is 17.2 Å². The van der Waals surface area contributed by atoms with Crippen LogP contribution in [-0.2, 0) is 5.41 Å². The number of aliphatic imine (C=N–C) groups is 1. The lowest BCUT2D eigenvalue weighted by Gasteiger charge is -2.29. The second kappa shape index (κ2) is 8.87. The molecule has 2 aromatic rings. The highest BCUT2D eigenvalue weighted by Crippen LogP contribution is 2.45. The van der Waals surface area contributed by atoms with Gasteiger partial charge in [0.05, 0.1) is 27.9 Å². The second-order valence-electron chi connectivity index (χ2n) is 7.08. The fraction of sp³-hybridized carbons (Fsp3) is 0.409. The van der Waals surface area contributed by atoms with E-state index in [2.05, 4.69) is 22.4 Å². The van der Waals surface area contributed by atoms with Crippen molar-refractivity contribution in [3.63, 3.8) is 0 Å². The van der Waals surface area contributed by atoms with Gasteiger partial charge >= 0.3 is 0 Å². The minimum absolute atomic E-state index is 0.0312. The van der Waals surface area contributed by atoms with Gasteiger partial charge in [0, 0.05) is 22.7 Å². The van der Waals surface area contributed by atoms with Crippen molar-refractivity contribution in [3.05, 3.63) is 48.0 Å². The average Bonchev–Trinajstić information content (AvgIpc) is 3.22. The summed E-state index contributed by atoms with van der Waals surface area (Å²) in [4.78, 5) is 4.68. The highest BCUT2D eigenvalue weighted by Gasteiger charge is 2.37. The maximum Gasteiger partial charge on any atom is 0.193 e. The maximum absolute atomic E-state index is 6.19.